The van der Waals surface area contributed by atoms with Crippen LogP contribution in [0, 0.1) is 5.92 Å². The van der Waals surface area contributed by atoms with Crippen LogP contribution in [0.2, 0.25) is 0 Å². The molecule has 0 aliphatic carbocycles. The zero-order chi connectivity index (χ0) is 14.6. The Morgan fingerprint density at radius 3 is 2.32 bits per heavy atom. The van der Waals surface area contributed by atoms with Crippen LogP contribution in [-0.2, 0) is 14.2 Å². The lowest BCUT2D eigenvalue weighted by Gasteiger charge is -2.37. The second-order valence-electron chi connectivity index (χ2n) is 4.80. The van der Waals surface area contributed by atoms with Crippen molar-refractivity contribution in [2.24, 2.45) is 5.92 Å². The minimum atomic E-state index is -1.65. The molecule has 0 spiro atoms. The topological polar surface area (TPSA) is 126 Å². The van der Waals surface area contributed by atoms with E-state index < -0.39 is 43.5 Å². The Morgan fingerprint density at radius 2 is 1.74 bits per heavy atom. The molecule has 1 rings (SSSR count). The lowest BCUT2D eigenvalue weighted by atomic mass is 9.99. The zero-order valence-electron chi connectivity index (χ0n) is 10.8. The fourth-order valence-corrected chi connectivity index (χ4v) is 1.50. The largest absolute Gasteiger partial charge is 0.508 e. The third-order valence-electron chi connectivity index (χ3n) is 2.59. The van der Waals surface area contributed by atoms with Crippen LogP contribution in [0.4, 0.5) is 4.79 Å². The van der Waals surface area contributed by atoms with Gasteiger partial charge in [0.2, 0.25) is 0 Å². The molecule has 0 aromatic heterocycles. The summed E-state index contributed by atoms with van der Waals surface area (Å²) in [6.45, 7) is 3.50. The lowest BCUT2D eigenvalue weighted by molar-refractivity contribution is -0.286. The van der Waals surface area contributed by atoms with Crippen molar-refractivity contribution in [3.8, 4) is 0 Å². The number of aliphatic hydroxyl groups is 4. The van der Waals surface area contributed by atoms with E-state index in [1.807, 2.05) is 13.8 Å². The third-order valence-corrected chi connectivity index (χ3v) is 2.59. The van der Waals surface area contributed by atoms with Crippen LogP contribution in [0.25, 0.3) is 0 Å². The fraction of sp³-hybridized carbons (Fsp3) is 0.909. The normalized spacial score (nSPS) is 35.2. The Hall–Kier alpha value is -0.930. The number of ether oxygens (including phenoxy) is 3. The first-order chi connectivity index (χ1) is 8.82. The molecule has 8 nitrogen and oxygen atoms in total. The first-order valence-electron chi connectivity index (χ1n) is 6.00. The molecule has 4 N–H and O–H groups in total. The van der Waals surface area contributed by atoms with Gasteiger partial charge in [-0.1, -0.05) is 13.8 Å². The van der Waals surface area contributed by atoms with Gasteiger partial charge in [-0.05, 0) is 5.92 Å². The van der Waals surface area contributed by atoms with E-state index in [4.69, 9.17) is 9.47 Å². The minimum Gasteiger partial charge on any atom is -0.434 e. The summed E-state index contributed by atoms with van der Waals surface area (Å²) in [6.07, 6.45) is -8.39. The van der Waals surface area contributed by atoms with E-state index in [0.29, 0.717) is 0 Å². The average Bonchev–Trinajstić information content (AvgIpc) is 2.36. The van der Waals surface area contributed by atoms with E-state index in [1.165, 1.54) is 0 Å². The smallest absolute Gasteiger partial charge is 0.434 e. The lowest BCUT2D eigenvalue weighted by Crippen LogP contribution is -2.58. The fourth-order valence-electron chi connectivity index (χ4n) is 1.50. The molecule has 0 saturated carbocycles. The molecule has 0 amide bonds. The molecule has 112 valence electrons. The molecule has 0 aromatic rings. The SMILES string of the molecule is CC(C)COC(=O)OCC1OC(O)C(O)C(O)C1O. The number of carbonyl (C=O) groups is 1. The maximum Gasteiger partial charge on any atom is 0.508 e. The molecule has 1 aliphatic rings. The summed E-state index contributed by atoms with van der Waals surface area (Å²) >= 11 is 0. The number of hydrogen-bond donors (Lipinski definition) is 4. The summed E-state index contributed by atoms with van der Waals surface area (Å²) in [5.41, 5.74) is 0. The number of rotatable bonds is 4. The highest BCUT2D eigenvalue weighted by Gasteiger charge is 2.43. The number of hydrogen-bond acceptors (Lipinski definition) is 8. The Bertz CT molecular complexity index is 294. The van der Waals surface area contributed by atoms with Crippen molar-refractivity contribution < 1.29 is 39.4 Å². The Kier molecular flexibility index (Phi) is 5.95. The summed E-state index contributed by atoms with van der Waals surface area (Å²) < 4.78 is 14.2. The molecule has 1 aliphatic heterocycles. The van der Waals surface area contributed by atoms with Gasteiger partial charge >= 0.3 is 6.16 Å². The first kappa shape index (κ1) is 16.1. The van der Waals surface area contributed by atoms with Crippen molar-refractivity contribution in [3.05, 3.63) is 0 Å². The molecule has 0 aromatic carbocycles. The molecule has 0 radical (unpaired) electrons. The van der Waals surface area contributed by atoms with Crippen LogP contribution >= 0.6 is 0 Å². The van der Waals surface area contributed by atoms with E-state index in [9.17, 15) is 25.2 Å². The molecular formula is C11H20O8. The zero-order valence-corrected chi connectivity index (χ0v) is 10.8. The van der Waals surface area contributed by atoms with Crippen molar-refractivity contribution in [2.45, 2.75) is 44.6 Å². The van der Waals surface area contributed by atoms with E-state index in [-0.39, 0.29) is 12.5 Å². The van der Waals surface area contributed by atoms with Gasteiger partial charge in [-0.15, -0.1) is 0 Å². The molecule has 1 fully saturated rings. The molecule has 19 heavy (non-hydrogen) atoms. The van der Waals surface area contributed by atoms with Gasteiger partial charge in [0.15, 0.2) is 6.29 Å². The van der Waals surface area contributed by atoms with Gasteiger partial charge in [0, 0.05) is 0 Å². The standard InChI is InChI=1S/C11H20O8/c1-5(2)3-17-11(16)18-4-6-7(12)8(13)9(14)10(15)19-6/h5-10,12-15H,3-4H2,1-2H3. The Balaban J connectivity index is 2.38. The predicted octanol–water partition coefficient (Wildman–Crippen LogP) is -1.40. The Labute approximate surface area is 110 Å². The van der Waals surface area contributed by atoms with Gasteiger partial charge in [0.25, 0.3) is 0 Å². The summed E-state index contributed by atoms with van der Waals surface area (Å²) in [7, 11) is 0. The molecule has 8 heteroatoms. The third kappa shape index (κ3) is 4.59. The molecule has 1 saturated heterocycles. The van der Waals surface area contributed by atoms with Crippen LogP contribution in [0.5, 0.6) is 0 Å². The summed E-state index contributed by atoms with van der Waals surface area (Å²) in [4.78, 5) is 11.2. The minimum absolute atomic E-state index is 0.155. The second kappa shape index (κ2) is 7.01. The average molecular weight is 280 g/mol. The molecular weight excluding hydrogens is 260 g/mol. The van der Waals surface area contributed by atoms with Gasteiger partial charge in [-0.3, -0.25) is 0 Å². The van der Waals surface area contributed by atoms with Crippen molar-refractivity contribution >= 4 is 6.16 Å². The van der Waals surface area contributed by atoms with Crippen LogP contribution in [0.1, 0.15) is 13.8 Å². The van der Waals surface area contributed by atoms with E-state index in [0.717, 1.165) is 0 Å². The highest BCUT2D eigenvalue weighted by molar-refractivity contribution is 5.59. The van der Waals surface area contributed by atoms with E-state index in [2.05, 4.69) is 4.74 Å². The van der Waals surface area contributed by atoms with Crippen LogP contribution in [0.3, 0.4) is 0 Å². The maximum atomic E-state index is 11.2. The highest BCUT2D eigenvalue weighted by atomic mass is 16.7. The Morgan fingerprint density at radius 1 is 1.11 bits per heavy atom. The molecule has 5 atom stereocenters. The van der Waals surface area contributed by atoms with Gasteiger partial charge in [-0.25, -0.2) is 4.79 Å². The van der Waals surface area contributed by atoms with Gasteiger partial charge in [0.05, 0.1) is 6.61 Å². The van der Waals surface area contributed by atoms with Gasteiger partial charge in [-0.2, -0.15) is 0 Å². The summed E-state index contributed by atoms with van der Waals surface area (Å²) in [5.74, 6) is 0.155. The summed E-state index contributed by atoms with van der Waals surface area (Å²) in [6, 6.07) is 0. The summed E-state index contributed by atoms with van der Waals surface area (Å²) in [5, 5.41) is 37.5. The molecule has 5 unspecified atom stereocenters. The van der Waals surface area contributed by atoms with Gasteiger partial charge in [0.1, 0.15) is 31.0 Å². The highest BCUT2D eigenvalue weighted by Crippen LogP contribution is 2.20. The van der Waals surface area contributed by atoms with Crippen molar-refractivity contribution in [1.82, 2.24) is 0 Å². The van der Waals surface area contributed by atoms with Crippen LogP contribution in [-0.4, -0.2) is 70.5 Å². The monoisotopic (exact) mass is 280 g/mol. The first-order valence-corrected chi connectivity index (χ1v) is 6.00. The van der Waals surface area contributed by atoms with E-state index >= 15 is 0 Å². The van der Waals surface area contributed by atoms with Crippen LogP contribution < -0.4 is 0 Å². The molecule has 0 bridgehead atoms. The van der Waals surface area contributed by atoms with Crippen molar-refractivity contribution in [3.63, 3.8) is 0 Å². The maximum absolute atomic E-state index is 11.2. The predicted molar refractivity (Wildman–Crippen MR) is 61.0 cm³/mol. The van der Waals surface area contributed by atoms with Gasteiger partial charge < -0.3 is 34.6 Å². The van der Waals surface area contributed by atoms with Crippen LogP contribution in [0.15, 0.2) is 0 Å². The number of aliphatic hydroxyl groups excluding tert-OH is 4. The quantitative estimate of drug-likeness (QED) is 0.463. The van der Waals surface area contributed by atoms with Crippen molar-refractivity contribution in [2.75, 3.05) is 13.2 Å². The van der Waals surface area contributed by atoms with Crippen molar-refractivity contribution in [1.29, 1.82) is 0 Å². The number of carbonyl (C=O) groups excluding carboxylic acids is 1. The van der Waals surface area contributed by atoms with E-state index in [1.54, 1.807) is 0 Å². The molecule has 1 heterocycles. The second-order valence-corrected chi connectivity index (χ2v) is 4.80.